The monoisotopic (exact) mass is 210 g/mol. The second kappa shape index (κ2) is 5.68. The van der Waals surface area contributed by atoms with E-state index < -0.39 is 12.1 Å². The molecule has 0 saturated carbocycles. The molecule has 0 saturated heterocycles. The van der Waals surface area contributed by atoms with Crippen LogP contribution >= 0.6 is 15.9 Å². The smallest absolute Gasteiger partial charge is 0.305 e. The molecule has 0 aromatic rings. The Hall–Kier alpha value is -0.0900. The summed E-state index contributed by atoms with van der Waals surface area (Å²) in [5, 5.41) is 18.0. The second-order valence-electron chi connectivity index (χ2n) is 2.08. The molecule has 4 heteroatoms. The van der Waals surface area contributed by atoms with Gasteiger partial charge in [0.1, 0.15) is 0 Å². The number of aliphatic hydroxyl groups is 1. The van der Waals surface area contributed by atoms with Crippen molar-refractivity contribution in [2.24, 2.45) is 0 Å². The van der Waals surface area contributed by atoms with E-state index in [1.807, 2.05) is 0 Å². The molecular formula is C6H11BrO3. The van der Waals surface area contributed by atoms with E-state index in [0.717, 1.165) is 11.8 Å². The van der Waals surface area contributed by atoms with Gasteiger partial charge in [-0.25, -0.2) is 0 Å². The lowest BCUT2D eigenvalue weighted by atomic mass is 10.1. The minimum absolute atomic E-state index is 0.146. The fourth-order valence-electron chi connectivity index (χ4n) is 0.616. The van der Waals surface area contributed by atoms with E-state index >= 15 is 0 Å². The van der Waals surface area contributed by atoms with Gasteiger partial charge in [0.25, 0.3) is 0 Å². The van der Waals surface area contributed by atoms with Crippen molar-refractivity contribution in [1.29, 1.82) is 0 Å². The fourth-order valence-corrected chi connectivity index (χ4v) is 0.940. The Morgan fingerprint density at radius 1 is 1.60 bits per heavy atom. The minimum Gasteiger partial charge on any atom is -0.481 e. The Bertz CT molecular complexity index is 105. The zero-order valence-corrected chi connectivity index (χ0v) is 7.17. The molecule has 1 atom stereocenters. The highest BCUT2D eigenvalue weighted by Crippen LogP contribution is 2.02. The Labute approximate surface area is 68.2 Å². The lowest BCUT2D eigenvalue weighted by Crippen LogP contribution is -2.12. The van der Waals surface area contributed by atoms with Crippen molar-refractivity contribution in [2.75, 3.05) is 5.33 Å². The van der Waals surface area contributed by atoms with Crippen LogP contribution in [0.3, 0.4) is 0 Å². The Balaban J connectivity index is 3.25. The van der Waals surface area contributed by atoms with Gasteiger partial charge in [0.15, 0.2) is 0 Å². The summed E-state index contributed by atoms with van der Waals surface area (Å²) in [7, 11) is 0. The van der Waals surface area contributed by atoms with Crippen LogP contribution in [0.2, 0.25) is 0 Å². The standard InChI is InChI=1S/C6H11BrO3/c7-3-1-2-5(8)4-6(9)10/h5,8H,1-4H2,(H,9,10)/t5-/m1/s1. The first-order chi connectivity index (χ1) is 4.66. The van der Waals surface area contributed by atoms with Gasteiger partial charge in [0, 0.05) is 5.33 Å². The molecule has 10 heavy (non-hydrogen) atoms. The predicted octanol–water partition coefficient (Wildman–Crippen LogP) is 0.997. The molecule has 0 aliphatic carbocycles. The van der Waals surface area contributed by atoms with Crippen LogP contribution in [0.4, 0.5) is 0 Å². The van der Waals surface area contributed by atoms with Crippen LogP contribution in [0.1, 0.15) is 19.3 Å². The Morgan fingerprint density at radius 3 is 2.60 bits per heavy atom. The van der Waals surface area contributed by atoms with E-state index in [0.29, 0.717) is 6.42 Å². The number of aliphatic carboxylic acids is 1. The summed E-state index contributed by atoms with van der Waals surface area (Å²) in [6, 6.07) is 0. The highest BCUT2D eigenvalue weighted by molar-refractivity contribution is 9.09. The summed E-state index contributed by atoms with van der Waals surface area (Å²) >= 11 is 3.19. The zero-order chi connectivity index (χ0) is 7.98. The molecule has 60 valence electrons. The summed E-state index contributed by atoms with van der Waals surface area (Å²) < 4.78 is 0. The molecule has 0 spiro atoms. The van der Waals surface area contributed by atoms with E-state index in [-0.39, 0.29) is 6.42 Å². The van der Waals surface area contributed by atoms with Crippen LogP contribution < -0.4 is 0 Å². The predicted molar refractivity (Wildman–Crippen MR) is 41.3 cm³/mol. The van der Waals surface area contributed by atoms with Crippen molar-refractivity contribution >= 4 is 21.9 Å². The maximum absolute atomic E-state index is 10.0. The van der Waals surface area contributed by atoms with Gasteiger partial charge in [-0.05, 0) is 12.8 Å². The average Bonchev–Trinajstić information content (AvgIpc) is 1.82. The topological polar surface area (TPSA) is 57.5 Å². The van der Waals surface area contributed by atoms with Crippen LogP contribution in [0.5, 0.6) is 0 Å². The van der Waals surface area contributed by atoms with Gasteiger partial charge in [0.2, 0.25) is 0 Å². The number of carboxylic acid groups (broad SMARTS) is 1. The first kappa shape index (κ1) is 9.91. The van der Waals surface area contributed by atoms with E-state index in [9.17, 15) is 4.79 Å². The molecular weight excluding hydrogens is 200 g/mol. The summed E-state index contributed by atoms with van der Waals surface area (Å²) in [5.74, 6) is -0.943. The van der Waals surface area contributed by atoms with Crippen molar-refractivity contribution in [2.45, 2.75) is 25.4 Å². The van der Waals surface area contributed by atoms with Crippen LogP contribution in [-0.4, -0.2) is 27.6 Å². The molecule has 0 aromatic carbocycles. The number of alkyl halides is 1. The number of hydrogen-bond acceptors (Lipinski definition) is 2. The third kappa shape index (κ3) is 6.04. The number of aliphatic hydroxyl groups excluding tert-OH is 1. The number of carboxylic acids is 1. The van der Waals surface area contributed by atoms with Gasteiger partial charge in [-0.3, -0.25) is 4.79 Å². The van der Waals surface area contributed by atoms with Crippen molar-refractivity contribution in [3.05, 3.63) is 0 Å². The van der Waals surface area contributed by atoms with Crippen LogP contribution in [0, 0.1) is 0 Å². The summed E-state index contributed by atoms with van der Waals surface area (Å²) in [4.78, 5) is 10.0. The molecule has 2 N–H and O–H groups in total. The number of hydrogen-bond donors (Lipinski definition) is 2. The summed E-state index contributed by atoms with van der Waals surface area (Å²) in [6.07, 6.45) is 0.536. The normalized spacial score (nSPS) is 13.0. The number of halogens is 1. The van der Waals surface area contributed by atoms with Crippen LogP contribution in [-0.2, 0) is 4.79 Å². The molecule has 0 aromatic heterocycles. The average molecular weight is 211 g/mol. The second-order valence-corrected chi connectivity index (χ2v) is 2.88. The molecule has 0 amide bonds. The minimum atomic E-state index is -0.943. The van der Waals surface area contributed by atoms with Crippen LogP contribution in [0.15, 0.2) is 0 Å². The SMILES string of the molecule is O=C(O)C[C@H](O)CCCBr. The molecule has 0 aliphatic rings. The third-order valence-corrected chi connectivity index (χ3v) is 1.64. The Morgan fingerprint density at radius 2 is 2.20 bits per heavy atom. The quantitative estimate of drug-likeness (QED) is 0.667. The first-order valence-corrected chi connectivity index (χ1v) is 4.24. The summed E-state index contributed by atoms with van der Waals surface area (Å²) in [5.41, 5.74) is 0. The van der Waals surface area contributed by atoms with Gasteiger partial charge in [-0.1, -0.05) is 15.9 Å². The first-order valence-electron chi connectivity index (χ1n) is 3.12. The van der Waals surface area contributed by atoms with Gasteiger partial charge in [-0.2, -0.15) is 0 Å². The van der Waals surface area contributed by atoms with E-state index in [2.05, 4.69) is 15.9 Å². The highest BCUT2D eigenvalue weighted by Gasteiger charge is 2.07. The molecule has 0 bridgehead atoms. The third-order valence-electron chi connectivity index (χ3n) is 1.08. The van der Waals surface area contributed by atoms with Crippen molar-refractivity contribution in [3.8, 4) is 0 Å². The summed E-state index contributed by atoms with van der Waals surface area (Å²) in [6.45, 7) is 0. The molecule has 0 unspecified atom stereocenters. The number of rotatable bonds is 5. The van der Waals surface area contributed by atoms with E-state index in [1.165, 1.54) is 0 Å². The van der Waals surface area contributed by atoms with Gasteiger partial charge >= 0.3 is 5.97 Å². The molecule has 0 fully saturated rings. The van der Waals surface area contributed by atoms with Gasteiger partial charge < -0.3 is 10.2 Å². The Kier molecular flexibility index (Phi) is 5.63. The van der Waals surface area contributed by atoms with E-state index in [1.54, 1.807) is 0 Å². The lowest BCUT2D eigenvalue weighted by molar-refractivity contribution is -0.139. The molecule has 3 nitrogen and oxygen atoms in total. The van der Waals surface area contributed by atoms with Gasteiger partial charge in [0.05, 0.1) is 12.5 Å². The maximum Gasteiger partial charge on any atom is 0.305 e. The van der Waals surface area contributed by atoms with Crippen molar-refractivity contribution in [1.82, 2.24) is 0 Å². The van der Waals surface area contributed by atoms with E-state index in [4.69, 9.17) is 10.2 Å². The molecule has 0 aliphatic heterocycles. The van der Waals surface area contributed by atoms with Gasteiger partial charge in [-0.15, -0.1) is 0 Å². The molecule has 0 radical (unpaired) electrons. The zero-order valence-electron chi connectivity index (χ0n) is 5.59. The van der Waals surface area contributed by atoms with Crippen molar-refractivity contribution < 1.29 is 15.0 Å². The maximum atomic E-state index is 10.0. The van der Waals surface area contributed by atoms with Crippen molar-refractivity contribution in [3.63, 3.8) is 0 Å². The highest BCUT2D eigenvalue weighted by atomic mass is 79.9. The fraction of sp³-hybridized carbons (Fsp3) is 0.833. The number of carbonyl (C=O) groups is 1. The lowest BCUT2D eigenvalue weighted by Gasteiger charge is -2.04. The molecule has 0 rings (SSSR count). The van der Waals surface area contributed by atoms with Crippen LogP contribution in [0.25, 0.3) is 0 Å². The largest absolute Gasteiger partial charge is 0.481 e. The molecule has 0 heterocycles.